The van der Waals surface area contributed by atoms with Crippen LogP contribution in [0.5, 0.6) is 11.5 Å². The Bertz CT molecular complexity index is 3390. The summed E-state index contributed by atoms with van der Waals surface area (Å²) in [6.07, 6.45) is 0. The lowest BCUT2D eigenvalue weighted by Crippen LogP contribution is -2.15. The minimum Gasteiger partial charge on any atom is -0.453 e. The summed E-state index contributed by atoms with van der Waals surface area (Å²) >= 11 is 0. The maximum absolute atomic E-state index is 6.71. The number of fused-ring (bicyclic) bond motifs is 7. The second-order valence-corrected chi connectivity index (χ2v) is 15.4. The first-order valence-corrected chi connectivity index (χ1v) is 20.6. The van der Waals surface area contributed by atoms with Gasteiger partial charge in [0.2, 0.25) is 0 Å². The Kier molecular flexibility index (Phi) is 8.10. The van der Waals surface area contributed by atoms with Gasteiger partial charge in [0, 0.05) is 38.8 Å². The highest BCUT2D eigenvalue weighted by Crippen LogP contribution is 2.52. The van der Waals surface area contributed by atoms with Crippen molar-refractivity contribution < 1.29 is 4.74 Å². The van der Waals surface area contributed by atoms with E-state index in [1.165, 1.54) is 21.5 Å². The van der Waals surface area contributed by atoms with E-state index in [1.807, 2.05) is 36.4 Å². The van der Waals surface area contributed by atoms with E-state index >= 15 is 0 Å². The van der Waals surface area contributed by atoms with E-state index in [-0.39, 0.29) is 0 Å². The minimum atomic E-state index is 0.694. The molecule has 0 amide bonds. The van der Waals surface area contributed by atoms with Gasteiger partial charge in [-0.1, -0.05) is 152 Å². The molecule has 0 N–H and O–H groups in total. The third-order valence-corrected chi connectivity index (χ3v) is 11.8. The van der Waals surface area contributed by atoms with Crippen LogP contribution in [-0.4, -0.2) is 14.5 Å². The van der Waals surface area contributed by atoms with Gasteiger partial charge < -0.3 is 14.2 Å². The van der Waals surface area contributed by atoms with Crippen molar-refractivity contribution in [1.29, 1.82) is 0 Å². The Balaban J connectivity index is 1.06. The lowest BCUT2D eigenvalue weighted by Gasteiger charge is -2.33. The maximum atomic E-state index is 6.71. The summed E-state index contributed by atoms with van der Waals surface area (Å²) < 4.78 is 9.11. The Morgan fingerprint density at radius 3 is 1.85 bits per heavy atom. The smallest absolute Gasteiger partial charge is 0.160 e. The number of para-hydroxylation sites is 3. The monoisotopic (exact) mass is 780 g/mol. The number of rotatable bonds is 6. The van der Waals surface area contributed by atoms with Gasteiger partial charge in [0.05, 0.1) is 33.8 Å². The Hall–Kier alpha value is -8.28. The third kappa shape index (κ3) is 5.86. The molecule has 12 rings (SSSR count). The molecule has 2 aromatic heterocycles. The fraction of sp³-hybridized carbons (Fsp3) is 0. The average molecular weight is 781 g/mol. The first-order chi connectivity index (χ1) is 30.2. The summed E-state index contributed by atoms with van der Waals surface area (Å²) in [6, 6.07) is 76.7. The van der Waals surface area contributed by atoms with Gasteiger partial charge in [0.25, 0.3) is 0 Å². The van der Waals surface area contributed by atoms with Crippen molar-refractivity contribution in [3.63, 3.8) is 0 Å². The van der Waals surface area contributed by atoms with Crippen molar-refractivity contribution in [2.24, 2.45) is 0 Å². The highest BCUT2D eigenvalue weighted by atomic mass is 16.5. The van der Waals surface area contributed by atoms with Crippen LogP contribution in [0, 0.1) is 0 Å². The predicted octanol–water partition coefficient (Wildman–Crippen LogP) is 15.0. The molecule has 0 unspecified atom stereocenters. The molecule has 286 valence electrons. The Labute approximate surface area is 353 Å². The van der Waals surface area contributed by atoms with Crippen molar-refractivity contribution in [3.8, 4) is 62.2 Å². The zero-order valence-electron chi connectivity index (χ0n) is 33.0. The van der Waals surface area contributed by atoms with E-state index in [4.69, 9.17) is 14.7 Å². The topological polar surface area (TPSA) is 43.2 Å². The standard InChI is InChI=1S/C56H36N4O/c1-4-17-38(18-5-1)46-36-47(58-56(57-46)39-19-6-2-7-20-39)41-21-14-24-43(34-41)60-50-28-15-26-45(55(50)54-44-25-11-10-16-37(44)30-33-51(54)60)40-31-32-49-53(35-40)61-52-29-13-12-27-48(52)59(49)42-22-8-3-9-23-42/h1-36H. The van der Waals surface area contributed by atoms with Crippen LogP contribution >= 0.6 is 0 Å². The zero-order valence-corrected chi connectivity index (χ0v) is 33.0. The predicted molar refractivity (Wildman–Crippen MR) is 250 cm³/mol. The molecule has 61 heavy (non-hydrogen) atoms. The molecule has 0 atom stereocenters. The van der Waals surface area contributed by atoms with Gasteiger partial charge in [-0.15, -0.1) is 0 Å². The molecule has 0 saturated heterocycles. The second-order valence-electron chi connectivity index (χ2n) is 15.4. The third-order valence-electron chi connectivity index (χ3n) is 11.8. The number of hydrogen-bond donors (Lipinski definition) is 0. The van der Waals surface area contributed by atoms with Crippen molar-refractivity contribution >= 4 is 49.6 Å². The van der Waals surface area contributed by atoms with Crippen molar-refractivity contribution in [2.75, 3.05) is 4.90 Å². The molecule has 9 aromatic carbocycles. The molecule has 0 bridgehead atoms. The highest BCUT2D eigenvalue weighted by molar-refractivity contribution is 6.25. The first-order valence-electron chi connectivity index (χ1n) is 20.6. The van der Waals surface area contributed by atoms with Crippen LogP contribution in [0.15, 0.2) is 218 Å². The minimum absolute atomic E-state index is 0.694. The van der Waals surface area contributed by atoms with E-state index in [0.29, 0.717) is 5.82 Å². The summed E-state index contributed by atoms with van der Waals surface area (Å²) in [6.45, 7) is 0. The van der Waals surface area contributed by atoms with Gasteiger partial charge in [-0.25, -0.2) is 9.97 Å². The van der Waals surface area contributed by atoms with Crippen LogP contribution in [0.2, 0.25) is 0 Å². The van der Waals surface area contributed by atoms with E-state index in [2.05, 4.69) is 191 Å². The maximum Gasteiger partial charge on any atom is 0.160 e. The van der Waals surface area contributed by atoms with Crippen LogP contribution in [0.1, 0.15) is 0 Å². The molecule has 0 fully saturated rings. The van der Waals surface area contributed by atoms with Crippen molar-refractivity contribution in [1.82, 2.24) is 14.5 Å². The van der Waals surface area contributed by atoms with Crippen LogP contribution in [0.25, 0.3) is 83.3 Å². The van der Waals surface area contributed by atoms with Gasteiger partial charge in [0.1, 0.15) is 0 Å². The van der Waals surface area contributed by atoms with Crippen molar-refractivity contribution in [3.05, 3.63) is 218 Å². The van der Waals surface area contributed by atoms with Crippen LogP contribution in [0.4, 0.5) is 17.1 Å². The second kappa shape index (κ2) is 14.2. The molecule has 1 aliphatic rings. The van der Waals surface area contributed by atoms with Crippen LogP contribution in [-0.2, 0) is 0 Å². The highest BCUT2D eigenvalue weighted by Gasteiger charge is 2.27. The van der Waals surface area contributed by atoms with Gasteiger partial charge in [0.15, 0.2) is 17.3 Å². The molecular formula is C56H36N4O. The summed E-state index contributed by atoms with van der Waals surface area (Å²) in [7, 11) is 0. The molecule has 5 nitrogen and oxygen atoms in total. The Morgan fingerprint density at radius 1 is 0.377 bits per heavy atom. The molecule has 0 aliphatic carbocycles. The molecule has 0 spiro atoms. The van der Waals surface area contributed by atoms with E-state index in [0.717, 1.165) is 84.5 Å². The number of benzene rings is 9. The van der Waals surface area contributed by atoms with Gasteiger partial charge in [-0.2, -0.15) is 0 Å². The zero-order chi connectivity index (χ0) is 40.3. The molecule has 0 radical (unpaired) electrons. The summed E-state index contributed by atoms with van der Waals surface area (Å²) in [5.74, 6) is 2.33. The number of hydrogen-bond acceptors (Lipinski definition) is 4. The average Bonchev–Trinajstić information content (AvgIpc) is 3.69. The molecular weight excluding hydrogens is 745 g/mol. The molecule has 0 saturated carbocycles. The lowest BCUT2D eigenvalue weighted by molar-refractivity contribution is 0.477. The van der Waals surface area contributed by atoms with Crippen LogP contribution in [0.3, 0.4) is 0 Å². The number of ether oxygens (including phenoxy) is 1. The molecule has 3 heterocycles. The number of anilines is 3. The van der Waals surface area contributed by atoms with Crippen LogP contribution < -0.4 is 9.64 Å². The molecule has 11 aromatic rings. The van der Waals surface area contributed by atoms with Gasteiger partial charge in [-0.05, 0) is 88.6 Å². The first kappa shape index (κ1) is 34.7. The van der Waals surface area contributed by atoms with E-state index < -0.39 is 0 Å². The lowest BCUT2D eigenvalue weighted by atomic mass is 9.96. The number of nitrogens with zero attached hydrogens (tertiary/aromatic N) is 4. The van der Waals surface area contributed by atoms with E-state index in [1.54, 1.807) is 0 Å². The summed E-state index contributed by atoms with van der Waals surface area (Å²) in [5.41, 5.74) is 13.4. The summed E-state index contributed by atoms with van der Waals surface area (Å²) in [4.78, 5) is 12.5. The Morgan fingerprint density at radius 2 is 1.02 bits per heavy atom. The number of aromatic nitrogens is 3. The fourth-order valence-electron chi connectivity index (χ4n) is 9.00. The molecule has 1 aliphatic heterocycles. The van der Waals surface area contributed by atoms with Gasteiger partial charge in [-0.3, -0.25) is 0 Å². The SMILES string of the molecule is c1ccc(-c2cc(-c3cccc(-n4c5cccc(-c6ccc7c(c6)Oc6ccccc6N7c6ccccc6)c5c5c6ccccc6ccc54)c3)nc(-c3ccccc3)n2)cc1. The largest absolute Gasteiger partial charge is 0.453 e. The summed E-state index contributed by atoms with van der Waals surface area (Å²) in [5, 5.41) is 4.81. The normalized spacial score (nSPS) is 12.0. The van der Waals surface area contributed by atoms with Crippen molar-refractivity contribution in [2.45, 2.75) is 0 Å². The fourth-order valence-corrected chi connectivity index (χ4v) is 9.00. The quantitative estimate of drug-likeness (QED) is 0.169. The van der Waals surface area contributed by atoms with E-state index in [9.17, 15) is 0 Å². The van der Waals surface area contributed by atoms with Gasteiger partial charge >= 0.3 is 0 Å². The molecule has 5 heteroatoms.